The Morgan fingerprint density at radius 2 is 2.44 bits per heavy atom. The van der Waals surface area contributed by atoms with Gasteiger partial charge in [0.15, 0.2) is 0 Å². The molecule has 1 unspecified atom stereocenters. The molecule has 0 saturated heterocycles. The molecular formula is C11H14N2OS2. The Morgan fingerprint density at radius 3 is 3.06 bits per heavy atom. The van der Waals surface area contributed by atoms with E-state index in [4.69, 9.17) is 0 Å². The van der Waals surface area contributed by atoms with Gasteiger partial charge in [0, 0.05) is 24.2 Å². The van der Waals surface area contributed by atoms with Crippen molar-refractivity contribution in [3.8, 4) is 0 Å². The van der Waals surface area contributed by atoms with Gasteiger partial charge in [-0.05, 0) is 29.3 Å². The Hall–Kier alpha value is -0.750. The van der Waals surface area contributed by atoms with E-state index in [1.54, 1.807) is 22.7 Å². The van der Waals surface area contributed by atoms with E-state index in [0.29, 0.717) is 6.54 Å². The molecular weight excluding hydrogens is 240 g/mol. The van der Waals surface area contributed by atoms with Crippen molar-refractivity contribution in [2.24, 2.45) is 0 Å². The highest BCUT2D eigenvalue weighted by Gasteiger charge is 2.22. The lowest BCUT2D eigenvalue weighted by Gasteiger charge is -2.22. The summed E-state index contributed by atoms with van der Waals surface area (Å²) in [5, 5.41) is 17.4. The van der Waals surface area contributed by atoms with Crippen LogP contribution in [0.2, 0.25) is 0 Å². The summed E-state index contributed by atoms with van der Waals surface area (Å²) in [5.74, 6) is 0. The number of hydrogen-bond donors (Lipinski definition) is 2. The normalized spacial score (nSPS) is 14.9. The summed E-state index contributed by atoms with van der Waals surface area (Å²) >= 11 is 3.22. The van der Waals surface area contributed by atoms with Gasteiger partial charge in [0.2, 0.25) is 0 Å². The van der Waals surface area contributed by atoms with Crippen LogP contribution < -0.4 is 5.32 Å². The number of nitrogens with one attached hydrogen (secondary N) is 1. The molecule has 3 nitrogen and oxygen atoms in total. The molecule has 0 bridgehead atoms. The van der Waals surface area contributed by atoms with Crippen LogP contribution in [0, 0.1) is 0 Å². The standard InChI is InChI=1S/C11H14N2OS2/c1-11(14,9-2-3-15-6-9)7-12-4-10-5-13-8-16-10/h2-3,5-6,8,12,14H,4,7H2,1H3. The monoisotopic (exact) mass is 254 g/mol. The van der Waals surface area contributed by atoms with Crippen LogP contribution in [0.25, 0.3) is 0 Å². The molecule has 16 heavy (non-hydrogen) atoms. The zero-order chi connectivity index (χ0) is 11.4. The van der Waals surface area contributed by atoms with Crippen molar-refractivity contribution in [3.63, 3.8) is 0 Å². The molecule has 0 saturated carbocycles. The summed E-state index contributed by atoms with van der Waals surface area (Å²) in [7, 11) is 0. The Labute approximate surface area is 103 Å². The van der Waals surface area contributed by atoms with E-state index in [1.165, 1.54) is 4.88 Å². The quantitative estimate of drug-likeness (QED) is 0.860. The van der Waals surface area contributed by atoms with E-state index >= 15 is 0 Å². The molecule has 0 aliphatic heterocycles. The highest BCUT2D eigenvalue weighted by molar-refractivity contribution is 7.09. The molecule has 0 aliphatic carbocycles. The highest BCUT2D eigenvalue weighted by Crippen LogP contribution is 2.22. The molecule has 0 aromatic carbocycles. The molecule has 86 valence electrons. The Balaban J connectivity index is 1.85. The third-order valence-electron chi connectivity index (χ3n) is 2.39. The van der Waals surface area contributed by atoms with E-state index in [2.05, 4.69) is 10.3 Å². The van der Waals surface area contributed by atoms with Crippen molar-refractivity contribution >= 4 is 22.7 Å². The van der Waals surface area contributed by atoms with Gasteiger partial charge in [-0.3, -0.25) is 4.98 Å². The lowest BCUT2D eigenvalue weighted by molar-refractivity contribution is 0.0572. The molecule has 1 atom stereocenters. The second-order valence-electron chi connectivity index (χ2n) is 3.86. The van der Waals surface area contributed by atoms with Crippen LogP contribution in [-0.4, -0.2) is 16.6 Å². The molecule has 2 rings (SSSR count). The van der Waals surface area contributed by atoms with E-state index in [1.807, 2.05) is 35.5 Å². The predicted molar refractivity (Wildman–Crippen MR) is 67.7 cm³/mol. The van der Waals surface area contributed by atoms with Crippen LogP contribution in [0.4, 0.5) is 0 Å². The maximum absolute atomic E-state index is 10.2. The highest BCUT2D eigenvalue weighted by atomic mass is 32.1. The summed E-state index contributed by atoms with van der Waals surface area (Å²) in [6, 6.07) is 1.96. The van der Waals surface area contributed by atoms with Crippen LogP contribution in [0.15, 0.2) is 28.5 Å². The van der Waals surface area contributed by atoms with Crippen LogP contribution >= 0.6 is 22.7 Å². The maximum atomic E-state index is 10.2. The SMILES string of the molecule is CC(O)(CNCc1cncs1)c1ccsc1. The number of aliphatic hydroxyl groups is 1. The molecule has 0 spiro atoms. The molecule has 2 aromatic heterocycles. The zero-order valence-electron chi connectivity index (χ0n) is 9.01. The first-order valence-corrected chi connectivity index (χ1v) is 6.84. The van der Waals surface area contributed by atoms with E-state index in [9.17, 15) is 5.11 Å². The largest absolute Gasteiger partial charge is 0.384 e. The van der Waals surface area contributed by atoms with Crippen LogP contribution in [0.5, 0.6) is 0 Å². The molecule has 2 heterocycles. The van der Waals surface area contributed by atoms with Crippen molar-refractivity contribution in [1.29, 1.82) is 0 Å². The molecule has 0 radical (unpaired) electrons. The molecule has 0 amide bonds. The fraction of sp³-hybridized carbons (Fsp3) is 0.364. The lowest BCUT2D eigenvalue weighted by atomic mass is 9.99. The third kappa shape index (κ3) is 2.89. The Kier molecular flexibility index (Phi) is 3.70. The van der Waals surface area contributed by atoms with Gasteiger partial charge in [-0.2, -0.15) is 11.3 Å². The first-order chi connectivity index (χ1) is 7.68. The number of thiazole rings is 1. The van der Waals surface area contributed by atoms with Crippen molar-refractivity contribution in [3.05, 3.63) is 39.0 Å². The smallest absolute Gasteiger partial charge is 0.1000 e. The predicted octanol–water partition coefficient (Wildman–Crippen LogP) is 2.20. The first-order valence-electron chi connectivity index (χ1n) is 5.01. The van der Waals surface area contributed by atoms with E-state index in [-0.39, 0.29) is 0 Å². The van der Waals surface area contributed by atoms with Gasteiger partial charge in [-0.15, -0.1) is 11.3 Å². The summed E-state index contributed by atoms with van der Waals surface area (Å²) in [6.45, 7) is 3.13. The molecule has 5 heteroatoms. The minimum atomic E-state index is -0.801. The fourth-order valence-electron chi connectivity index (χ4n) is 1.43. The number of aromatic nitrogens is 1. The van der Waals surface area contributed by atoms with Crippen molar-refractivity contribution in [2.45, 2.75) is 19.1 Å². The average molecular weight is 254 g/mol. The second-order valence-corrected chi connectivity index (χ2v) is 5.61. The second kappa shape index (κ2) is 5.05. The molecule has 2 N–H and O–H groups in total. The third-order valence-corrected chi connectivity index (χ3v) is 3.86. The first kappa shape index (κ1) is 11.7. The average Bonchev–Trinajstić information content (AvgIpc) is 2.90. The maximum Gasteiger partial charge on any atom is 0.1000 e. The summed E-state index contributed by atoms with van der Waals surface area (Å²) in [5.41, 5.74) is 1.98. The molecule has 0 fully saturated rings. The van der Waals surface area contributed by atoms with E-state index in [0.717, 1.165) is 12.1 Å². The fourth-order valence-corrected chi connectivity index (χ4v) is 2.78. The molecule has 0 aliphatic rings. The van der Waals surface area contributed by atoms with E-state index < -0.39 is 5.60 Å². The van der Waals surface area contributed by atoms with Gasteiger partial charge in [0.05, 0.1) is 11.1 Å². The molecule has 2 aromatic rings. The van der Waals surface area contributed by atoms with Crippen LogP contribution in [-0.2, 0) is 12.1 Å². The van der Waals surface area contributed by atoms with Crippen molar-refractivity contribution < 1.29 is 5.11 Å². The van der Waals surface area contributed by atoms with Gasteiger partial charge in [0.1, 0.15) is 0 Å². The summed E-state index contributed by atoms with van der Waals surface area (Å²) in [4.78, 5) is 5.19. The van der Waals surface area contributed by atoms with Gasteiger partial charge >= 0.3 is 0 Å². The summed E-state index contributed by atoms with van der Waals surface area (Å²) < 4.78 is 0. The Morgan fingerprint density at radius 1 is 1.56 bits per heavy atom. The van der Waals surface area contributed by atoms with Gasteiger partial charge in [-0.1, -0.05) is 0 Å². The van der Waals surface area contributed by atoms with Gasteiger partial charge in [-0.25, -0.2) is 0 Å². The number of nitrogens with zero attached hydrogens (tertiary/aromatic N) is 1. The van der Waals surface area contributed by atoms with Crippen LogP contribution in [0.1, 0.15) is 17.4 Å². The lowest BCUT2D eigenvalue weighted by Crippen LogP contribution is -2.34. The van der Waals surface area contributed by atoms with Crippen molar-refractivity contribution in [1.82, 2.24) is 10.3 Å². The van der Waals surface area contributed by atoms with Gasteiger partial charge < -0.3 is 10.4 Å². The van der Waals surface area contributed by atoms with Gasteiger partial charge in [0.25, 0.3) is 0 Å². The number of rotatable bonds is 5. The number of hydrogen-bond acceptors (Lipinski definition) is 5. The topological polar surface area (TPSA) is 45.1 Å². The van der Waals surface area contributed by atoms with Crippen LogP contribution in [0.3, 0.4) is 0 Å². The van der Waals surface area contributed by atoms with Crippen molar-refractivity contribution in [2.75, 3.05) is 6.54 Å². The minimum absolute atomic E-state index is 0.543. The summed E-state index contributed by atoms with van der Waals surface area (Å²) in [6.07, 6.45) is 1.84. The number of thiophene rings is 1. The minimum Gasteiger partial charge on any atom is -0.384 e. The Bertz CT molecular complexity index is 409. The zero-order valence-corrected chi connectivity index (χ0v) is 10.6.